The number of rotatable bonds is 10. The minimum atomic E-state index is -1.52. The number of hydrogen-bond acceptors (Lipinski definition) is 8. The van der Waals surface area contributed by atoms with Crippen LogP contribution < -0.4 is 26.2 Å². The van der Waals surface area contributed by atoms with E-state index in [4.69, 9.17) is 32.7 Å². The standard InChI is InChI=1S/C28H33Cl2N5O8/c1-28(2,3)43-27(41)33-17-6-4-5-16(11-17)24(37)32-15-22(36)31-14-21(26(39)40)34-25(38)23-19(29)12-18(13-20(23)30)35-7-9-42-10-8-35/h4-6,11-13,21H,7-10,14-15H2,1-3H3,(H,31,36)(H,32,37)(H,33,41)(H,34,38)(H,39,40). The molecule has 0 bridgehead atoms. The van der Waals surface area contributed by atoms with E-state index in [9.17, 15) is 29.1 Å². The third kappa shape index (κ3) is 10.3. The maximum atomic E-state index is 12.9. The van der Waals surface area contributed by atoms with E-state index in [-0.39, 0.29) is 21.2 Å². The second-order valence-corrected chi connectivity index (χ2v) is 11.3. The Morgan fingerprint density at radius 3 is 2.26 bits per heavy atom. The van der Waals surface area contributed by atoms with E-state index >= 15 is 0 Å². The van der Waals surface area contributed by atoms with Crippen LogP contribution in [0.15, 0.2) is 36.4 Å². The molecule has 0 aliphatic carbocycles. The predicted octanol–water partition coefficient (Wildman–Crippen LogP) is 2.91. The molecule has 1 heterocycles. The van der Waals surface area contributed by atoms with E-state index in [0.29, 0.717) is 37.7 Å². The van der Waals surface area contributed by atoms with E-state index < -0.39 is 54.5 Å². The minimum absolute atomic E-state index is 0.0349. The largest absolute Gasteiger partial charge is 0.480 e. The Hall–Kier alpha value is -4.07. The lowest BCUT2D eigenvalue weighted by Gasteiger charge is -2.29. The Balaban J connectivity index is 1.53. The fourth-order valence-electron chi connectivity index (χ4n) is 3.91. The number of anilines is 2. The molecule has 5 N–H and O–H groups in total. The molecule has 232 valence electrons. The van der Waals surface area contributed by atoms with E-state index in [1.165, 1.54) is 18.2 Å². The molecule has 0 aromatic heterocycles. The minimum Gasteiger partial charge on any atom is -0.480 e. The van der Waals surface area contributed by atoms with Gasteiger partial charge in [0.2, 0.25) is 5.91 Å². The molecular weight excluding hydrogens is 605 g/mol. The molecule has 15 heteroatoms. The van der Waals surface area contributed by atoms with Gasteiger partial charge in [0.15, 0.2) is 0 Å². The van der Waals surface area contributed by atoms with Gasteiger partial charge in [0.1, 0.15) is 11.6 Å². The van der Waals surface area contributed by atoms with Gasteiger partial charge in [0, 0.05) is 36.6 Å². The lowest BCUT2D eigenvalue weighted by Crippen LogP contribution is -2.50. The fourth-order valence-corrected chi connectivity index (χ4v) is 4.56. The van der Waals surface area contributed by atoms with Crippen molar-refractivity contribution in [3.8, 4) is 0 Å². The van der Waals surface area contributed by atoms with Crippen LogP contribution >= 0.6 is 23.2 Å². The number of carbonyl (C=O) groups is 5. The summed E-state index contributed by atoms with van der Waals surface area (Å²) in [5.74, 6) is -3.57. The van der Waals surface area contributed by atoms with E-state index in [1.54, 1.807) is 39.0 Å². The van der Waals surface area contributed by atoms with Crippen molar-refractivity contribution in [1.82, 2.24) is 16.0 Å². The van der Waals surface area contributed by atoms with Crippen LogP contribution in [0, 0.1) is 0 Å². The lowest BCUT2D eigenvalue weighted by atomic mass is 10.1. The van der Waals surface area contributed by atoms with Gasteiger partial charge in [-0.3, -0.25) is 19.7 Å². The zero-order valence-electron chi connectivity index (χ0n) is 23.8. The van der Waals surface area contributed by atoms with Gasteiger partial charge in [-0.05, 0) is 51.1 Å². The van der Waals surface area contributed by atoms with Crippen LogP contribution in [0.2, 0.25) is 10.0 Å². The molecule has 0 radical (unpaired) electrons. The highest BCUT2D eigenvalue weighted by Gasteiger charge is 2.25. The number of aliphatic carboxylic acids is 1. The van der Waals surface area contributed by atoms with Gasteiger partial charge in [-0.25, -0.2) is 9.59 Å². The van der Waals surface area contributed by atoms with Crippen molar-refractivity contribution in [1.29, 1.82) is 0 Å². The third-order valence-electron chi connectivity index (χ3n) is 5.92. The monoisotopic (exact) mass is 637 g/mol. The first-order chi connectivity index (χ1) is 20.2. The first-order valence-electron chi connectivity index (χ1n) is 13.2. The van der Waals surface area contributed by atoms with Crippen molar-refractivity contribution < 1.29 is 38.6 Å². The Kier molecular flexibility index (Phi) is 11.6. The molecule has 1 fully saturated rings. The molecule has 0 spiro atoms. The number of amides is 4. The molecule has 2 aromatic carbocycles. The van der Waals surface area contributed by atoms with Crippen molar-refractivity contribution in [3.05, 3.63) is 57.6 Å². The fraction of sp³-hybridized carbons (Fsp3) is 0.393. The molecule has 3 rings (SSSR count). The number of morpholine rings is 1. The Labute approximate surface area is 258 Å². The second kappa shape index (κ2) is 14.9. The van der Waals surface area contributed by atoms with Crippen LogP contribution in [0.3, 0.4) is 0 Å². The van der Waals surface area contributed by atoms with Crippen LogP contribution in [-0.2, 0) is 19.1 Å². The van der Waals surface area contributed by atoms with E-state index in [0.717, 1.165) is 0 Å². The molecule has 43 heavy (non-hydrogen) atoms. The SMILES string of the molecule is CC(C)(C)OC(=O)Nc1cccc(C(=O)NCC(=O)NCC(NC(=O)c2c(Cl)cc(N3CCOCC3)cc2Cl)C(=O)O)c1. The Morgan fingerprint density at radius 1 is 1.00 bits per heavy atom. The maximum Gasteiger partial charge on any atom is 0.412 e. The summed E-state index contributed by atoms with van der Waals surface area (Å²) in [6.45, 7) is 6.49. The quantitative estimate of drug-likeness (QED) is 0.262. The molecule has 1 unspecified atom stereocenters. The molecular formula is C28H33Cl2N5O8. The van der Waals surface area contributed by atoms with E-state index in [2.05, 4.69) is 21.3 Å². The van der Waals surface area contributed by atoms with Gasteiger partial charge >= 0.3 is 12.1 Å². The number of ether oxygens (including phenoxy) is 2. The molecule has 0 saturated carbocycles. The molecule has 2 aromatic rings. The van der Waals surface area contributed by atoms with Crippen LogP contribution in [0.25, 0.3) is 0 Å². The van der Waals surface area contributed by atoms with Crippen molar-refractivity contribution in [2.45, 2.75) is 32.4 Å². The first-order valence-corrected chi connectivity index (χ1v) is 14.0. The highest BCUT2D eigenvalue weighted by atomic mass is 35.5. The van der Waals surface area contributed by atoms with Crippen molar-refractivity contribution in [3.63, 3.8) is 0 Å². The molecule has 1 aliphatic rings. The summed E-state index contributed by atoms with van der Waals surface area (Å²) in [6.07, 6.45) is -0.695. The molecule has 4 amide bonds. The Morgan fingerprint density at radius 2 is 1.65 bits per heavy atom. The molecule has 1 aliphatic heterocycles. The van der Waals surface area contributed by atoms with Gasteiger partial charge < -0.3 is 35.4 Å². The van der Waals surface area contributed by atoms with Crippen LogP contribution in [0.4, 0.5) is 16.2 Å². The zero-order chi connectivity index (χ0) is 31.7. The normalized spacial score (nSPS) is 13.8. The summed E-state index contributed by atoms with van der Waals surface area (Å²) < 4.78 is 10.5. The average molecular weight is 639 g/mol. The van der Waals surface area contributed by atoms with Crippen LogP contribution in [0.5, 0.6) is 0 Å². The summed E-state index contributed by atoms with van der Waals surface area (Å²) in [7, 11) is 0. The highest BCUT2D eigenvalue weighted by molar-refractivity contribution is 6.40. The number of halogens is 2. The smallest absolute Gasteiger partial charge is 0.412 e. The summed E-state index contributed by atoms with van der Waals surface area (Å²) in [6, 6.07) is 7.59. The number of carbonyl (C=O) groups excluding carboxylic acids is 4. The molecule has 1 atom stereocenters. The Bertz CT molecular complexity index is 1350. The second-order valence-electron chi connectivity index (χ2n) is 10.4. The maximum absolute atomic E-state index is 12.9. The van der Waals surface area contributed by atoms with Gasteiger partial charge in [0.05, 0.1) is 35.4 Å². The number of carboxylic acids is 1. The highest BCUT2D eigenvalue weighted by Crippen LogP contribution is 2.31. The zero-order valence-corrected chi connectivity index (χ0v) is 25.3. The van der Waals surface area contributed by atoms with Crippen LogP contribution in [-0.4, -0.2) is 85.9 Å². The average Bonchev–Trinajstić information content (AvgIpc) is 2.92. The number of nitrogens with one attached hydrogen (secondary N) is 4. The number of carboxylic acid groups (broad SMARTS) is 1. The topological polar surface area (TPSA) is 175 Å². The first kappa shape index (κ1) is 33.4. The van der Waals surface area contributed by atoms with E-state index in [1.807, 2.05) is 4.90 Å². The van der Waals surface area contributed by atoms with Gasteiger partial charge in [-0.15, -0.1) is 0 Å². The lowest BCUT2D eigenvalue weighted by molar-refractivity contribution is -0.139. The van der Waals surface area contributed by atoms with Gasteiger partial charge in [-0.2, -0.15) is 0 Å². The number of benzene rings is 2. The molecule has 1 saturated heterocycles. The summed E-state index contributed by atoms with van der Waals surface area (Å²) in [5, 5.41) is 19.3. The van der Waals surface area contributed by atoms with Gasteiger partial charge in [-0.1, -0.05) is 29.3 Å². The molecule has 13 nitrogen and oxygen atoms in total. The van der Waals surface area contributed by atoms with Crippen LogP contribution in [0.1, 0.15) is 41.5 Å². The summed E-state index contributed by atoms with van der Waals surface area (Å²) in [4.78, 5) is 63.5. The van der Waals surface area contributed by atoms with Crippen molar-refractivity contribution in [2.24, 2.45) is 0 Å². The number of nitrogens with zero attached hydrogens (tertiary/aromatic N) is 1. The van der Waals surface area contributed by atoms with Crippen molar-refractivity contribution in [2.75, 3.05) is 49.6 Å². The summed E-state index contributed by atoms with van der Waals surface area (Å²) in [5.41, 5.74) is 0.357. The number of hydrogen-bond donors (Lipinski definition) is 5. The predicted molar refractivity (Wildman–Crippen MR) is 160 cm³/mol. The third-order valence-corrected chi connectivity index (χ3v) is 6.51. The van der Waals surface area contributed by atoms with Crippen molar-refractivity contribution >= 4 is 64.4 Å². The summed E-state index contributed by atoms with van der Waals surface area (Å²) >= 11 is 12.7. The van der Waals surface area contributed by atoms with Gasteiger partial charge in [0.25, 0.3) is 11.8 Å².